The number of hydrogen-bond donors (Lipinski definition) is 1. The van der Waals surface area contributed by atoms with E-state index in [9.17, 15) is 14.9 Å². The lowest BCUT2D eigenvalue weighted by Gasteiger charge is -2.33. The summed E-state index contributed by atoms with van der Waals surface area (Å²) >= 11 is 0. The van der Waals surface area contributed by atoms with Crippen molar-refractivity contribution in [2.45, 2.75) is 26.1 Å². The summed E-state index contributed by atoms with van der Waals surface area (Å²) in [4.78, 5) is 30.3. The predicted molar refractivity (Wildman–Crippen MR) is 126 cm³/mol. The molecule has 1 aliphatic rings. The highest BCUT2D eigenvalue weighted by molar-refractivity contribution is 6.05. The van der Waals surface area contributed by atoms with E-state index in [0.717, 1.165) is 36.5 Å². The number of fused-ring (bicyclic) bond motifs is 3. The number of nitro groups is 1. The average molecular weight is 441 g/mol. The van der Waals surface area contributed by atoms with Crippen LogP contribution in [0.15, 0.2) is 72.8 Å². The lowest BCUT2D eigenvalue weighted by molar-refractivity contribution is -0.384. The van der Waals surface area contributed by atoms with Crippen molar-refractivity contribution in [3.8, 4) is 0 Å². The number of rotatable bonds is 5. The maximum Gasteiger partial charge on any atom is 0.270 e. The minimum absolute atomic E-state index is 0.117. The molecule has 3 aromatic carbocycles. The van der Waals surface area contributed by atoms with Crippen LogP contribution in [0.2, 0.25) is 0 Å². The third-order valence-corrected chi connectivity index (χ3v) is 6.19. The van der Waals surface area contributed by atoms with Gasteiger partial charge in [-0.25, -0.2) is 4.98 Å². The van der Waals surface area contributed by atoms with E-state index in [0.29, 0.717) is 11.7 Å². The van der Waals surface area contributed by atoms with Crippen LogP contribution < -0.4 is 5.32 Å². The number of nitrogens with zero attached hydrogens (tertiary/aromatic N) is 4. The first-order valence-corrected chi connectivity index (χ1v) is 10.8. The Bertz CT molecular complexity index is 1350. The number of imidazole rings is 1. The van der Waals surface area contributed by atoms with Gasteiger partial charge >= 0.3 is 0 Å². The first-order chi connectivity index (χ1) is 16.0. The maximum atomic E-state index is 12.6. The van der Waals surface area contributed by atoms with Gasteiger partial charge in [-0.15, -0.1) is 0 Å². The third-order valence-electron chi connectivity index (χ3n) is 6.19. The van der Waals surface area contributed by atoms with Gasteiger partial charge < -0.3 is 9.88 Å². The van der Waals surface area contributed by atoms with Crippen molar-refractivity contribution < 1.29 is 9.72 Å². The van der Waals surface area contributed by atoms with E-state index in [1.807, 2.05) is 24.3 Å². The van der Waals surface area contributed by atoms with E-state index in [4.69, 9.17) is 4.98 Å². The number of non-ortho nitro benzene ring substituents is 1. The quantitative estimate of drug-likeness (QED) is 0.356. The number of benzene rings is 3. The summed E-state index contributed by atoms with van der Waals surface area (Å²) < 4.78 is 2.23. The van der Waals surface area contributed by atoms with E-state index >= 15 is 0 Å². The molecule has 1 N–H and O–H groups in total. The molecule has 5 rings (SSSR count). The summed E-state index contributed by atoms with van der Waals surface area (Å²) in [5.41, 5.74) is 3.85. The van der Waals surface area contributed by atoms with Gasteiger partial charge in [0.2, 0.25) is 0 Å². The topological polar surface area (TPSA) is 93.3 Å². The monoisotopic (exact) mass is 441 g/mol. The van der Waals surface area contributed by atoms with Crippen LogP contribution in [-0.2, 0) is 13.1 Å². The van der Waals surface area contributed by atoms with Crippen molar-refractivity contribution in [3.63, 3.8) is 0 Å². The summed E-state index contributed by atoms with van der Waals surface area (Å²) in [7, 11) is 0. The van der Waals surface area contributed by atoms with Crippen molar-refractivity contribution in [1.82, 2.24) is 14.5 Å². The maximum absolute atomic E-state index is 12.6. The molecule has 2 heterocycles. The lowest BCUT2D eigenvalue weighted by Crippen LogP contribution is -2.35. The fourth-order valence-electron chi connectivity index (χ4n) is 4.35. The molecule has 0 aliphatic carbocycles. The van der Waals surface area contributed by atoms with E-state index < -0.39 is 10.8 Å². The van der Waals surface area contributed by atoms with E-state index in [-0.39, 0.29) is 11.3 Å². The fourth-order valence-corrected chi connectivity index (χ4v) is 4.35. The Morgan fingerprint density at radius 1 is 1.06 bits per heavy atom. The second-order valence-corrected chi connectivity index (χ2v) is 8.20. The zero-order valence-electron chi connectivity index (χ0n) is 18.1. The molecule has 4 aromatic rings. The van der Waals surface area contributed by atoms with Gasteiger partial charge in [0.05, 0.1) is 22.5 Å². The number of amides is 1. The number of carbonyl (C=O) groups is 1. The van der Waals surface area contributed by atoms with Crippen LogP contribution >= 0.6 is 0 Å². The van der Waals surface area contributed by atoms with E-state index in [1.54, 1.807) is 6.07 Å². The molecule has 33 heavy (non-hydrogen) atoms. The van der Waals surface area contributed by atoms with Crippen molar-refractivity contribution in [1.29, 1.82) is 0 Å². The van der Waals surface area contributed by atoms with Gasteiger partial charge in [0.15, 0.2) is 0 Å². The minimum atomic E-state index is -0.513. The summed E-state index contributed by atoms with van der Waals surface area (Å²) in [6, 6.07) is 22.1. The molecule has 0 fully saturated rings. The van der Waals surface area contributed by atoms with Crippen molar-refractivity contribution in [3.05, 3.63) is 99.9 Å². The van der Waals surface area contributed by atoms with Gasteiger partial charge in [-0.3, -0.25) is 19.8 Å². The molecule has 1 aromatic heterocycles. The van der Waals surface area contributed by atoms with Crippen LogP contribution in [0.1, 0.15) is 34.7 Å². The minimum Gasteiger partial charge on any atom is -0.326 e. The van der Waals surface area contributed by atoms with Crippen LogP contribution in [0.3, 0.4) is 0 Å². The normalized spacial score (nSPS) is 14.6. The molecule has 8 heteroatoms. The van der Waals surface area contributed by atoms with Gasteiger partial charge in [0, 0.05) is 42.5 Å². The first kappa shape index (κ1) is 20.8. The van der Waals surface area contributed by atoms with E-state index in [1.165, 1.54) is 23.8 Å². The second kappa shape index (κ2) is 8.48. The summed E-state index contributed by atoms with van der Waals surface area (Å²) in [5.74, 6) is 0.603. The Balaban J connectivity index is 1.36. The molecule has 1 amide bonds. The highest BCUT2D eigenvalue weighted by Crippen LogP contribution is 2.28. The van der Waals surface area contributed by atoms with Crippen LogP contribution in [0.4, 0.5) is 11.4 Å². The Morgan fingerprint density at radius 2 is 1.88 bits per heavy atom. The first-order valence-electron chi connectivity index (χ1n) is 10.8. The van der Waals surface area contributed by atoms with Gasteiger partial charge in [-0.05, 0) is 36.8 Å². The summed E-state index contributed by atoms with van der Waals surface area (Å²) in [6.07, 6.45) is 0. The highest BCUT2D eigenvalue weighted by Gasteiger charge is 2.24. The predicted octanol–water partition coefficient (Wildman–Crippen LogP) is 4.77. The number of nitro benzene ring substituents is 1. The molecule has 1 aliphatic heterocycles. The Morgan fingerprint density at radius 3 is 2.67 bits per heavy atom. The van der Waals surface area contributed by atoms with Gasteiger partial charge in [0.25, 0.3) is 11.6 Å². The zero-order chi connectivity index (χ0) is 22.9. The lowest BCUT2D eigenvalue weighted by atomic mass is 10.1. The zero-order valence-corrected chi connectivity index (χ0v) is 18.1. The number of aromatic nitrogens is 2. The molecule has 0 spiro atoms. The molecular weight excluding hydrogens is 418 g/mol. The molecule has 0 bridgehead atoms. The standard InChI is InChI=1S/C25H23N5O3/c1-17(18-6-3-2-4-7-18)28-12-13-29-23-11-10-20(15-22(23)27-24(29)16-28)26-25(31)19-8-5-9-21(14-19)30(32)33/h2-11,14-15,17H,12-13,16H2,1H3,(H,26,31)/t17-/m0/s1. The van der Waals surface area contributed by atoms with Gasteiger partial charge in [-0.1, -0.05) is 36.4 Å². The van der Waals surface area contributed by atoms with Crippen molar-refractivity contribution in [2.75, 3.05) is 11.9 Å². The van der Waals surface area contributed by atoms with Crippen LogP contribution in [0.25, 0.3) is 11.0 Å². The smallest absolute Gasteiger partial charge is 0.270 e. The summed E-state index contributed by atoms with van der Waals surface area (Å²) in [6.45, 7) is 4.75. The molecule has 0 unspecified atom stereocenters. The molecule has 166 valence electrons. The Kier molecular flexibility index (Phi) is 5.35. The van der Waals surface area contributed by atoms with Crippen LogP contribution in [0, 0.1) is 10.1 Å². The van der Waals surface area contributed by atoms with Gasteiger partial charge in [-0.2, -0.15) is 0 Å². The number of nitrogens with one attached hydrogen (secondary N) is 1. The Labute approximate surface area is 190 Å². The largest absolute Gasteiger partial charge is 0.326 e. The Hall–Kier alpha value is -4.04. The fraction of sp³-hybridized carbons (Fsp3) is 0.200. The van der Waals surface area contributed by atoms with Crippen molar-refractivity contribution in [2.24, 2.45) is 0 Å². The number of hydrogen-bond acceptors (Lipinski definition) is 5. The number of anilines is 1. The SMILES string of the molecule is C[C@@H](c1ccccc1)N1CCn2c(nc3cc(NC(=O)c4cccc([N+](=O)[O-])c4)ccc32)C1. The molecule has 8 nitrogen and oxygen atoms in total. The van der Waals surface area contributed by atoms with Crippen LogP contribution in [-0.4, -0.2) is 31.8 Å². The molecule has 0 saturated carbocycles. The molecule has 0 saturated heterocycles. The van der Waals surface area contributed by atoms with E-state index in [2.05, 4.69) is 46.0 Å². The van der Waals surface area contributed by atoms with Crippen molar-refractivity contribution >= 4 is 28.3 Å². The van der Waals surface area contributed by atoms with Gasteiger partial charge in [0.1, 0.15) is 5.82 Å². The second-order valence-electron chi connectivity index (χ2n) is 8.20. The molecular formula is C25H23N5O3. The summed E-state index contributed by atoms with van der Waals surface area (Å²) in [5, 5.41) is 13.8. The number of carbonyl (C=O) groups excluding carboxylic acids is 1. The average Bonchev–Trinajstić information content (AvgIpc) is 3.21. The third kappa shape index (κ3) is 4.08. The molecule has 1 atom stereocenters. The molecule has 0 radical (unpaired) electrons. The van der Waals surface area contributed by atoms with Crippen LogP contribution in [0.5, 0.6) is 0 Å². The highest BCUT2D eigenvalue weighted by atomic mass is 16.6.